The summed E-state index contributed by atoms with van der Waals surface area (Å²) in [4.78, 5) is -0.369. The maximum absolute atomic E-state index is 13.9. The highest BCUT2D eigenvalue weighted by Gasteiger charge is 2.26. The summed E-state index contributed by atoms with van der Waals surface area (Å²) in [5.74, 6) is -0.795. The molecule has 0 bridgehead atoms. The van der Waals surface area contributed by atoms with Crippen molar-refractivity contribution < 1.29 is 12.8 Å². The van der Waals surface area contributed by atoms with Crippen LogP contribution < -0.4 is 5.73 Å². The number of sulfonamides is 1. The molecule has 7 heteroatoms. The molecule has 0 aromatic heterocycles. The van der Waals surface area contributed by atoms with Gasteiger partial charge in [-0.15, -0.1) is 0 Å². The molecule has 1 aromatic carbocycles. The lowest BCUT2D eigenvalue weighted by molar-refractivity contribution is 0.415. The van der Waals surface area contributed by atoms with Crippen LogP contribution >= 0.6 is 15.9 Å². The first kappa shape index (κ1) is 16.4. The molecule has 0 aliphatic rings. The molecule has 0 radical (unpaired) electrons. The van der Waals surface area contributed by atoms with Gasteiger partial charge in [0, 0.05) is 23.2 Å². The van der Waals surface area contributed by atoms with Crippen molar-refractivity contribution in [3.8, 4) is 0 Å². The third kappa shape index (κ3) is 3.67. The van der Waals surface area contributed by atoms with Crippen molar-refractivity contribution in [2.24, 2.45) is 0 Å². The zero-order valence-electron chi connectivity index (χ0n) is 11.0. The Kier molecular flexibility index (Phi) is 5.76. The molecule has 0 saturated heterocycles. The van der Waals surface area contributed by atoms with E-state index in [-0.39, 0.29) is 10.6 Å². The van der Waals surface area contributed by atoms with E-state index >= 15 is 0 Å². The number of nitrogens with zero attached hydrogens (tertiary/aromatic N) is 1. The van der Waals surface area contributed by atoms with Crippen molar-refractivity contribution in [2.75, 3.05) is 18.8 Å². The first-order chi connectivity index (χ1) is 8.84. The highest BCUT2D eigenvalue weighted by molar-refractivity contribution is 9.10. The number of nitrogens with two attached hydrogens (primary N) is 1. The number of nitrogen functional groups attached to an aromatic ring is 1. The van der Waals surface area contributed by atoms with Crippen molar-refractivity contribution in [1.29, 1.82) is 0 Å². The zero-order chi connectivity index (χ0) is 14.6. The van der Waals surface area contributed by atoms with Gasteiger partial charge in [-0.2, -0.15) is 4.31 Å². The minimum atomic E-state index is -3.84. The van der Waals surface area contributed by atoms with Gasteiger partial charge in [0.25, 0.3) is 0 Å². The predicted molar refractivity (Wildman–Crippen MR) is 77.9 cm³/mol. The smallest absolute Gasteiger partial charge is 0.246 e. The average molecular weight is 353 g/mol. The Bertz CT molecular complexity index is 549. The molecule has 0 amide bonds. The molecule has 4 nitrogen and oxygen atoms in total. The number of benzene rings is 1. The molecule has 19 heavy (non-hydrogen) atoms. The first-order valence-corrected chi connectivity index (χ1v) is 8.32. The quantitative estimate of drug-likeness (QED) is 0.800. The molecule has 0 unspecified atom stereocenters. The van der Waals surface area contributed by atoms with Crippen LogP contribution in [-0.4, -0.2) is 25.8 Å². The molecular formula is C12H18BrFN2O2S. The molecule has 1 rings (SSSR count). The van der Waals surface area contributed by atoms with E-state index in [4.69, 9.17) is 5.73 Å². The number of anilines is 1. The summed E-state index contributed by atoms with van der Waals surface area (Å²) in [6, 6.07) is 2.24. The Balaban J connectivity index is 3.22. The van der Waals surface area contributed by atoms with Crippen LogP contribution in [0.3, 0.4) is 0 Å². The molecule has 0 fully saturated rings. The van der Waals surface area contributed by atoms with Gasteiger partial charge in [-0.3, -0.25) is 0 Å². The fourth-order valence-corrected chi connectivity index (χ4v) is 3.55. The van der Waals surface area contributed by atoms with E-state index in [1.165, 1.54) is 4.31 Å². The molecule has 2 N–H and O–H groups in total. The number of hydrogen-bond acceptors (Lipinski definition) is 3. The van der Waals surface area contributed by atoms with Gasteiger partial charge >= 0.3 is 0 Å². The second-order valence-electron chi connectivity index (χ2n) is 4.15. The summed E-state index contributed by atoms with van der Waals surface area (Å²) >= 11 is 3.07. The van der Waals surface area contributed by atoms with Crippen LogP contribution in [0, 0.1) is 5.82 Å². The van der Waals surface area contributed by atoms with Gasteiger partial charge in [0.15, 0.2) is 0 Å². The fourth-order valence-electron chi connectivity index (χ4n) is 1.66. The highest BCUT2D eigenvalue weighted by Crippen LogP contribution is 2.28. The van der Waals surface area contributed by atoms with E-state index < -0.39 is 15.8 Å². The van der Waals surface area contributed by atoms with Crippen LogP contribution in [-0.2, 0) is 10.0 Å². The largest absolute Gasteiger partial charge is 0.398 e. The van der Waals surface area contributed by atoms with Crippen LogP contribution in [0.5, 0.6) is 0 Å². The lowest BCUT2D eigenvalue weighted by Crippen LogP contribution is -2.32. The third-order valence-electron chi connectivity index (χ3n) is 2.78. The van der Waals surface area contributed by atoms with E-state index in [9.17, 15) is 12.8 Å². The van der Waals surface area contributed by atoms with E-state index in [1.807, 2.05) is 6.92 Å². The molecule has 0 aliphatic heterocycles. The van der Waals surface area contributed by atoms with Crippen molar-refractivity contribution in [3.63, 3.8) is 0 Å². The molecule has 0 spiro atoms. The van der Waals surface area contributed by atoms with Gasteiger partial charge < -0.3 is 5.73 Å². The summed E-state index contributed by atoms with van der Waals surface area (Å²) in [6.45, 7) is 4.38. The van der Waals surface area contributed by atoms with Crippen LogP contribution in [0.15, 0.2) is 21.5 Å². The second kappa shape index (κ2) is 6.67. The van der Waals surface area contributed by atoms with Gasteiger partial charge in [0.05, 0.1) is 0 Å². The number of unbranched alkanes of at least 4 members (excludes halogenated alkanes) is 1. The SMILES string of the molecule is CCCCN(CC)S(=O)(=O)c1cc(N)c(Br)cc1F. The van der Waals surface area contributed by atoms with Crippen LogP contribution in [0.1, 0.15) is 26.7 Å². The van der Waals surface area contributed by atoms with Gasteiger partial charge in [0.1, 0.15) is 10.7 Å². The maximum atomic E-state index is 13.9. The molecule has 1 aromatic rings. The minimum Gasteiger partial charge on any atom is -0.398 e. The highest BCUT2D eigenvalue weighted by atomic mass is 79.9. The Morgan fingerprint density at radius 3 is 2.53 bits per heavy atom. The number of rotatable bonds is 6. The fraction of sp³-hybridized carbons (Fsp3) is 0.500. The van der Waals surface area contributed by atoms with E-state index in [0.29, 0.717) is 17.6 Å². The molecule has 0 atom stereocenters. The number of halogens is 2. The summed E-state index contributed by atoms with van der Waals surface area (Å²) < 4.78 is 40.2. The summed E-state index contributed by atoms with van der Waals surface area (Å²) in [7, 11) is -3.84. The summed E-state index contributed by atoms with van der Waals surface area (Å²) in [6.07, 6.45) is 1.61. The van der Waals surface area contributed by atoms with Crippen LogP contribution in [0.2, 0.25) is 0 Å². The van der Waals surface area contributed by atoms with Gasteiger partial charge in [-0.1, -0.05) is 20.3 Å². The Hall–Kier alpha value is -0.660. The lowest BCUT2D eigenvalue weighted by Gasteiger charge is -2.20. The van der Waals surface area contributed by atoms with E-state index in [1.54, 1.807) is 6.92 Å². The van der Waals surface area contributed by atoms with Crippen LogP contribution in [0.25, 0.3) is 0 Å². The van der Waals surface area contributed by atoms with Crippen molar-refractivity contribution in [3.05, 3.63) is 22.4 Å². The Morgan fingerprint density at radius 2 is 2.00 bits per heavy atom. The van der Waals surface area contributed by atoms with Gasteiger partial charge in [0.2, 0.25) is 10.0 Å². The number of hydrogen-bond donors (Lipinski definition) is 1. The first-order valence-electron chi connectivity index (χ1n) is 6.09. The van der Waals surface area contributed by atoms with E-state index in [0.717, 1.165) is 25.0 Å². The zero-order valence-corrected chi connectivity index (χ0v) is 13.4. The molecule has 0 saturated carbocycles. The Morgan fingerprint density at radius 1 is 1.37 bits per heavy atom. The molecule has 108 valence electrons. The maximum Gasteiger partial charge on any atom is 0.246 e. The van der Waals surface area contributed by atoms with Gasteiger partial charge in [-0.05, 0) is 34.5 Å². The normalized spacial score (nSPS) is 12.1. The standard InChI is InChI=1S/C12H18BrFN2O2S/c1-3-5-6-16(4-2)19(17,18)12-8-11(15)9(13)7-10(12)14/h7-8H,3-6,15H2,1-2H3. The van der Waals surface area contributed by atoms with E-state index in [2.05, 4.69) is 15.9 Å². The summed E-state index contributed by atoms with van der Waals surface area (Å²) in [5, 5.41) is 0. The van der Waals surface area contributed by atoms with Crippen molar-refractivity contribution >= 4 is 31.6 Å². The molecule has 0 heterocycles. The molecule has 0 aliphatic carbocycles. The third-order valence-corrected chi connectivity index (χ3v) is 5.46. The lowest BCUT2D eigenvalue weighted by atomic mass is 10.3. The monoisotopic (exact) mass is 352 g/mol. The summed E-state index contributed by atoms with van der Waals surface area (Å²) in [5.41, 5.74) is 5.83. The molecular weight excluding hydrogens is 335 g/mol. The second-order valence-corrected chi connectivity index (χ2v) is 6.92. The van der Waals surface area contributed by atoms with Crippen molar-refractivity contribution in [1.82, 2.24) is 4.31 Å². The van der Waals surface area contributed by atoms with Crippen LogP contribution in [0.4, 0.5) is 10.1 Å². The average Bonchev–Trinajstić information content (AvgIpc) is 2.34. The van der Waals surface area contributed by atoms with Crippen molar-refractivity contribution in [2.45, 2.75) is 31.6 Å². The van der Waals surface area contributed by atoms with Gasteiger partial charge in [-0.25, -0.2) is 12.8 Å². The topological polar surface area (TPSA) is 63.4 Å². The predicted octanol–water partition coefficient (Wildman–Crippen LogP) is 2.98. The Labute approximate surface area is 122 Å². The minimum absolute atomic E-state index is 0.200.